The summed E-state index contributed by atoms with van der Waals surface area (Å²) in [5, 5.41) is 4.71. The Kier molecular flexibility index (Phi) is 3.40. The van der Waals surface area contributed by atoms with Crippen LogP contribution in [0, 0.1) is 5.92 Å². The molecular weight excluding hydrogens is 262 g/mol. The third kappa shape index (κ3) is 2.50. The van der Waals surface area contributed by atoms with Gasteiger partial charge in [-0.3, -0.25) is 0 Å². The van der Waals surface area contributed by atoms with E-state index in [1.165, 1.54) is 0 Å². The van der Waals surface area contributed by atoms with Crippen LogP contribution in [0.1, 0.15) is 39.8 Å². The minimum atomic E-state index is 0.0414. The molecule has 114 valence electrons. The Bertz CT molecular complexity index is 640. The van der Waals surface area contributed by atoms with Crippen LogP contribution in [0.2, 0.25) is 0 Å². The lowest BCUT2D eigenvalue weighted by atomic mass is 9.92. The van der Waals surface area contributed by atoms with Crippen molar-refractivity contribution in [3.8, 4) is 0 Å². The largest absolute Gasteiger partial charge is 0.352 e. The monoisotopic (exact) mass is 287 g/mol. The maximum atomic E-state index is 5.85. The van der Waals surface area contributed by atoms with Gasteiger partial charge in [-0.25, -0.2) is 9.50 Å². The Morgan fingerprint density at radius 2 is 2.14 bits per heavy atom. The summed E-state index contributed by atoms with van der Waals surface area (Å²) in [7, 11) is 0. The highest BCUT2D eigenvalue weighted by atomic mass is 15.3. The van der Waals surface area contributed by atoms with Crippen LogP contribution in [0.25, 0.3) is 5.52 Å². The minimum absolute atomic E-state index is 0.0414. The first-order valence-electron chi connectivity index (χ1n) is 7.71. The lowest BCUT2D eigenvalue weighted by molar-refractivity contribution is 0.562. The molecule has 2 atom stereocenters. The normalized spacial score (nSPS) is 23.2. The maximum Gasteiger partial charge on any atom is 0.154 e. The molecule has 2 aromatic heterocycles. The highest BCUT2D eigenvalue weighted by molar-refractivity contribution is 5.70. The van der Waals surface area contributed by atoms with Gasteiger partial charge < -0.3 is 10.6 Å². The quantitative estimate of drug-likeness (QED) is 0.920. The van der Waals surface area contributed by atoms with Gasteiger partial charge in [0.1, 0.15) is 5.52 Å². The summed E-state index contributed by atoms with van der Waals surface area (Å²) in [5.41, 5.74) is 8.07. The summed E-state index contributed by atoms with van der Waals surface area (Å²) < 4.78 is 1.95. The fourth-order valence-corrected chi connectivity index (χ4v) is 3.10. The molecule has 5 heteroatoms. The molecule has 0 saturated carbocycles. The summed E-state index contributed by atoms with van der Waals surface area (Å²) in [6.07, 6.45) is 4.90. The first-order valence-corrected chi connectivity index (χ1v) is 7.71. The summed E-state index contributed by atoms with van der Waals surface area (Å²) in [6.45, 7) is 10.5. The average molecular weight is 287 g/mol. The van der Waals surface area contributed by atoms with Gasteiger partial charge in [-0.2, -0.15) is 5.10 Å². The summed E-state index contributed by atoms with van der Waals surface area (Å²) in [6, 6.07) is 2.65. The molecule has 2 N–H and O–H groups in total. The topological polar surface area (TPSA) is 59.5 Å². The molecule has 5 nitrogen and oxygen atoms in total. The van der Waals surface area contributed by atoms with Gasteiger partial charge in [-0.15, -0.1) is 0 Å². The van der Waals surface area contributed by atoms with E-state index in [9.17, 15) is 0 Å². The Morgan fingerprint density at radius 3 is 2.76 bits per heavy atom. The number of hydrogen-bond acceptors (Lipinski definition) is 4. The smallest absolute Gasteiger partial charge is 0.154 e. The van der Waals surface area contributed by atoms with Crippen molar-refractivity contribution < 1.29 is 0 Å². The van der Waals surface area contributed by atoms with Gasteiger partial charge in [0.2, 0.25) is 0 Å². The van der Waals surface area contributed by atoms with E-state index in [4.69, 9.17) is 10.8 Å². The van der Waals surface area contributed by atoms with Crippen molar-refractivity contribution in [1.29, 1.82) is 0 Å². The molecule has 2 unspecified atom stereocenters. The SMILES string of the molecule is CC1CC(CN)CN1c1nccn2nc(C(C)(C)C)cc12. The van der Waals surface area contributed by atoms with E-state index in [1.807, 2.05) is 16.9 Å². The van der Waals surface area contributed by atoms with Crippen LogP contribution in [0.3, 0.4) is 0 Å². The molecular formula is C16H25N5. The number of fused-ring (bicyclic) bond motifs is 1. The van der Waals surface area contributed by atoms with Crippen LogP contribution in [-0.4, -0.2) is 33.7 Å². The second kappa shape index (κ2) is 4.98. The molecule has 1 fully saturated rings. The average Bonchev–Trinajstić information content (AvgIpc) is 3.01. The van der Waals surface area contributed by atoms with Gasteiger partial charge in [0.25, 0.3) is 0 Å². The van der Waals surface area contributed by atoms with E-state index in [-0.39, 0.29) is 5.41 Å². The summed E-state index contributed by atoms with van der Waals surface area (Å²) in [5.74, 6) is 1.59. The molecule has 0 aromatic carbocycles. The molecule has 0 spiro atoms. The van der Waals surface area contributed by atoms with Crippen molar-refractivity contribution in [2.75, 3.05) is 18.0 Å². The number of hydrogen-bond donors (Lipinski definition) is 1. The van der Waals surface area contributed by atoms with Gasteiger partial charge in [-0.1, -0.05) is 20.8 Å². The van der Waals surface area contributed by atoms with Gasteiger partial charge in [0, 0.05) is 30.4 Å². The van der Waals surface area contributed by atoms with E-state index in [0.717, 1.165) is 36.5 Å². The number of anilines is 1. The lowest BCUT2D eigenvalue weighted by Crippen LogP contribution is -2.28. The second-order valence-corrected chi connectivity index (χ2v) is 7.20. The maximum absolute atomic E-state index is 5.85. The highest BCUT2D eigenvalue weighted by Crippen LogP contribution is 2.31. The van der Waals surface area contributed by atoms with Gasteiger partial charge >= 0.3 is 0 Å². The lowest BCUT2D eigenvalue weighted by Gasteiger charge is -2.23. The molecule has 0 radical (unpaired) electrons. The molecule has 1 aliphatic rings. The molecule has 3 heterocycles. The fraction of sp³-hybridized carbons (Fsp3) is 0.625. The molecule has 0 bridgehead atoms. The van der Waals surface area contributed by atoms with E-state index in [0.29, 0.717) is 12.0 Å². The second-order valence-electron chi connectivity index (χ2n) is 7.20. The van der Waals surface area contributed by atoms with Crippen molar-refractivity contribution in [2.24, 2.45) is 11.7 Å². The van der Waals surface area contributed by atoms with E-state index in [1.54, 1.807) is 0 Å². The molecule has 0 aliphatic carbocycles. The molecule has 3 rings (SSSR count). The van der Waals surface area contributed by atoms with Crippen LogP contribution in [0.5, 0.6) is 0 Å². The van der Waals surface area contributed by atoms with Crippen molar-refractivity contribution in [1.82, 2.24) is 14.6 Å². The highest BCUT2D eigenvalue weighted by Gasteiger charge is 2.31. The standard InChI is InChI=1S/C16H25N5/c1-11-7-12(9-17)10-20(11)15-13-8-14(16(2,3)4)19-21(13)6-5-18-15/h5-6,8,11-12H,7,9-10,17H2,1-4H3. The Morgan fingerprint density at radius 1 is 1.38 bits per heavy atom. The molecule has 1 aliphatic heterocycles. The minimum Gasteiger partial charge on any atom is -0.352 e. The van der Waals surface area contributed by atoms with E-state index >= 15 is 0 Å². The predicted octanol–water partition coefficient (Wildman–Crippen LogP) is 2.20. The van der Waals surface area contributed by atoms with E-state index in [2.05, 4.69) is 43.6 Å². The Hall–Kier alpha value is -1.62. The zero-order chi connectivity index (χ0) is 15.2. The van der Waals surface area contributed by atoms with Crippen molar-refractivity contribution in [3.63, 3.8) is 0 Å². The molecule has 0 amide bonds. The van der Waals surface area contributed by atoms with Gasteiger partial charge in [0.15, 0.2) is 5.82 Å². The first-order chi connectivity index (χ1) is 9.90. The predicted molar refractivity (Wildman–Crippen MR) is 85.7 cm³/mol. The number of aromatic nitrogens is 3. The number of rotatable bonds is 2. The van der Waals surface area contributed by atoms with Crippen LogP contribution < -0.4 is 10.6 Å². The van der Waals surface area contributed by atoms with Crippen LogP contribution in [0.15, 0.2) is 18.5 Å². The third-order valence-electron chi connectivity index (χ3n) is 4.40. The van der Waals surface area contributed by atoms with Crippen LogP contribution in [0.4, 0.5) is 5.82 Å². The number of nitrogens with zero attached hydrogens (tertiary/aromatic N) is 4. The Labute approximate surface area is 126 Å². The molecule has 1 saturated heterocycles. The zero-order valence-electron chi connectivity index (χ0n) is 13.4. The van der Waals surface area contributed by atoms with Crippen molar-refractivity contribution >= 4 is 11.3 Å². The van der Waals surface area contributed by atoms with Gasteiger partial charge in [0.05, 0.1) is 5.69 Å². The van der Waals surface area contributed by atoms with Crippen molar-refractivity contribution in [3.05, 3.63) is 24.2 Å². The summed E-state index contributed by atoms with van der Waals surface area (Å²) in [4.78, 5) is 7.00. The first kappa shape index (κ1) is 14.3. The summed E-state index contributed by atoms with van der Waals surface area (Å²) >= 11 is 0. The van der Waals surface area contributed by atoms with Gasteiger partial charge in [-0.05, 0) is 31.9 Å². The Balaban J connectivity index is 2.05. The molecule has 21 heavy (non-hydrogen) atoms. The van der Waals surface area contributed by atoms with Crippen LogP contribution in [-0.2, 0) is 5.41 Å². The third-order valence-corrected chi connectivity index (χ3v) is 4.40. The van der Waals surface area contributed by atoms with Crippen molar-refractivity contribution in [2.45, 2.75) is 45.6 Å². The van der Waals surface area contributed by atoms with Crippen LogP contribution >= 0.6 is 0 Å². The van der Waals surface area contributed by atoms with E-state index < -0.39 is 0 Å². The molecule has 2 aromatic rings. The number of nitrogens with two attached hydrogens (primary N) is 1. The fourth-order valence-electron chi connectivity index (χ4n) is 3.10. The zero-order valence-corrected chi connectivity index (χ0v) is 13.4.